The van der Waals surface area contributed by atoms with Gasteiger partial charge >= 0.3 is 0 Å². The van der Waals surface area contributed by atoms with E-state index in [0.29, 0.717) is 5.56 Å². The third-order valence-corrected chi connectivity index (χ3v) is 7.43. The van der Waals surface area contributed by atoms with Crippen LogP contribution in [-0.2, 0) is 14.8 Å². The predicted molar refractivity (Wildman–Crippen MR) is 115 cm³/mol. The topological polar surface area (TPSA) is 63.7 Å². The van der Waals surface area contributed by atoms with E-state index in [1.54, 1.807) is 48.5 Å². The number of sulfonamides is 1. The van der Waals surface area contributed by atoms with Gasteiger partial charge in [-0.15, -0.1) is 0 Å². The first kappa shape index (κ1) is 20.5. The average molecular weight is 422 g/mol. The largest absolute Gasteiger partial charge is 0.350 e. The van der Waals surface area contributed by atoms with Gasteiger partial charge in [-0.25, -0.2) is 8.42 Å². The minimum absolute atomic E-state index is 0.0875. The van der Waals surface area contributed by atoms with Crippen molar-refractivity contribution in [1.82, 2.24) is 4.31 Å². The molecule has 1 aliphatic rings. The SMILES string of the molecule is Cc1ccc(S(=O)(=O)N2[C@H](c3ccccc3)CO[C@@]2(C)C(=O)c2ccccc2)cc1. The Kier molecular flexibility index (Phi) is 5.32. The van der Waals surface area contributed by atoms with Gasteiger partial charge in [-0.1, -0.05) is 78.4 Å². The van der Waals surface area contributed by atoms with Crippen LogP contribution in [-0.4, -0.2) is 30.8 Å². The van der Waals surface area contributed by atoms with Crippen LogP contribution in [0.5, 0.6) is 0 Å². The Bertz CT molecular complexity index is 1140. The summed E-state index contributed by atoms with van der Waals surface area (Å²) in [5, 5.41) is 0. The second-order valence-electron chi connectivity index (χ2n) is 7.53. The summed E-state index contributed by atoms with van der Waals surface area (Å²) in [5.74, 6) is -0.391. The van der Waals surface area contributed by atoms with Crippen molar-refractivity contribution >= 4 is 15.8 Å². The molecule has 0 aliphatic carbocycles. The number of rotatable bonds is 5. The Hall–Kier alpha value is -2.80. The fourth-order valence-electron chi connectivity index (χ4n) is 3.82. The van der Waals surface area contributed by atoms with Crippen LogP contribution in [0.4, 0.5) is 0 Å². The second-order valence-corrected chi connectivity index (χ2v) is 9.34. The Balaban J connectivity index is 1.86. The van der Waals surface area contributed by atoms with Crippen LogP contribution < -0.4 is 0 Å². The minimum Gasteiger partial charge on any atom is -0.350 e. The molecule has 0 unspecified atom stereocenters. The molecule has 0 amide bonds. The quantitative estimate of drug-likeness (QED) is 0.575. The van der Waals surface area contributed by atoms with Gasteiger partial charge in [-0.05, 0) is 31.5 Å². The van der Waals surface area contributed by atoms with E-state index in [0.717, 1.165) is 11.1 Å². The van der Waals surface area contributed by atoms with Crippen molar-refractivity contribution in [2.45, 2.75) is 30.5 Å². The Morgan fingerprint density at radius 1 is 0.933 bits per heavy atom. The van der Waals surface area contributed by atoms with Crippen molar-refractivity contribution in [3.8, 4) is 0 Å². The van der Waals surface area contributed by atoms with E-state index in [1.807, 2.05) is 43.3 Å². The first-order valence-corrected chi connectivity index (χ1v) is 11.2. The number of carbonyl (C=O) groups excluding carboxylic acids is 1. The molecule has 6 heteroatoms. The van der Waals surface area contributed by atoms with Crippen LogP contribution in [0.2, 0.25) is 0 Å². The molecule has 0 saturated carbocycles. The molecule has 0 radical (unpaired) electrons. The fourth-order valence-corrected chi connectivity index (χ4v) is 5.64. The summed E-state index contributed by atoms with van der Waals surface area (Å²) in [6, 6.07) is 23.9. The Morgan fingerprint density at radius 3 is 2.10 bits per heavy atom. The van der Waals surface area contributed by atoms with Crippen LogP contribution in [0.15, 0.2) is 89.8 Å². The number of ketones is 1. The maximum atomic E-state index is 13.8. The van der Waals surface area contributed by atoms with E-state index in [-0.39, 0.29) is 11.5 Å². The monoisotopic (exact) mass is 421 g/mol. The van der Waals surface area contributed by atoms with Crippen molar-refractivity contribution < 1.29 is 17.9 Å². The van der Waals surface area contributed by atoms with Gasteiger partial charge in [0.25, 0.3) is 0 Å². The highest BCUT2D eigenvalue weighted by atomic mass is 32.2. The van der Waals surface area contributed by atoms with Crippen molar-refractivity contribution in [3.63, 3.8) is 0 Å². The number of carbonyl (C=O) groups is 1. The van der Waals surface area contributed by atoms with Crippen LogP contribution >= 0.6 is 0 Å². The highest BCUT2D eigenvalue weighted by Crippen LogP contribution is 2.43. The highest BCUT2D eigenvalue weighted by Gasteiger charge is 2.56. The molecule has 3 aromatic carbocycles. The number of aryl methyl sites for hydroxylation is 1. The average Bonchev–Trinajstić information content (AvgIpc) is 3.14. The zero-order chi connectivity index (χ0) is 21.4. The molecule has 0 spiro atoms. The van der Waals surface area contributed by atoms with E-state index < -0.39 is 27.6 Å². The molecule has 154 valence electrons. The number of Topliss-reactive ketones (excluding diaryl/α,β-unsaturated/α-hetero) is 1. The molecule has 0 bridgehead atoms. The van der Waals surface area contributed by atoms with E-state index >= 15 is 0 Å². The normalized spacial score (nSPS) is 22.1. The second kappa shape index (κ2) is 7.80. The van der Waals surface area contributed by atoms with Crippen molar-refractivity contribution in [2.24, 2.45) is 0 Å². The zero-order valence-electron chi connectivity index (χ0n) is 16.9. The highest BCUT2D eigenvalue weighted by molar-refractivity contribution is 7.89. The van der Waals surface area contributed by atoms with Gasteiger partial charge in [0.2, 0.25) is 15.8 Å². The molecule has 5 nitrogen and oxygen atoms in total. The van der Waals surface area contributed by atoms with Gasteiger partial charge in [-0.2, -0.15) is 4.31 Å². The van der Waals surface area contributed by atoms with Gasteiger partial charge in [0.1, 0.15) is 0 Å². The van der Waals surface area contributed by atoms with Crippen molar-refractivity contribution in [2.75, 3.05) is 6.61 Å². The molecule has 1 fully saturated rings. The lowest BCUT2D eigenvalue weighted by atomic mass is 10.0. The number of hydrogen-bond donors (Lipinski definition) is 0. The van der Waals surface area contributed by atoms with E-state index in [2.05, 4.69) is 0 Å². The third kappa shape index (κ3) is 3.47. The molecule has 1 heterocycles. The molecule has 0 N–H and O–H groups in total. The van der Waals surface area contributed by atoms with Gasteiger partial charge in [0.05, 0.1) is 17.5 Å². The molecule has 1 aliphatic heterocycles. The van der Waals surface area contributed by atoms with Gasteiger partial charge < -0.3 is 4.74 Å². The first-order chi connectivity index (χ1) is 14.3. The lowest BCUT2D eigenvalue weighted by Gasteiger charge is -2.34. The molecule has 2 atom stereocenters. The summed E-state index contributed by atoms with van der Waals surface area (Å²) in [4.78, 5) is 13.6. The third-order valence-electron chi connectivity index (χ3n) is 5.45. The smallest absolute Gasteiger partial charge is 0.246 e. The van der Waals surface area contributed by atoms with Gasteiger partial charge in [0, 0.05) is 5.56 Å². The summed E-state index contributed by atoms with van der Waals surface area (Å²) in [5.41, 5.74) is 0.468. The Morgan fingerprint density at radius 2 is 1.50 bits per heavy atom. The first-order valence-electron chi connectivity index (χ1n) is 9.74. The Labute approximate surface area is 177 Å². The van der Waals surface area contributed by atoms with Crippen molar-refractivity contribution in [1.29, 1.82) is 0 Å². The summed E-state index contributed by atoms with van der Waals surface area (Å²) in [7, 11) is -4.03. The summed E-state index contributed by atoms with van der Waals surface area (Å²) in [6.45, 7) is 3.52. The van der Waals surface area contributed by atoms with Crippen molar-refractivity contribution in [3.05, 3.63) is 102 Å². The van der Waals surface area contributed by atoms with Crippen LogP contribution in [0, 0.1) is 6.92 Å². The van der Waals surface area contributed by atoms with Gasteiger partial charge in [0.15, 0.2) is 5.72 Å². The molecule has 0 aromatic heterocycles. The fraction of sp³-hybridized carbons (Fsp3) is 0.208. The van der Waals surface area contributed by atoms with Crippen LogP contribution in [0.1, 0.15) is 34.5 Å². The standard InChI is InChI=1S/C24H23NO4S/c1-18-13-15-21(16-14-18)30(27,28)25-22(19-9-5-3-6-10-19)17-29-24(25,2)23(26)20-11-7-4-8-12-20/h3-16,22H,17H2,1-2H3/t22-,24-/m0/s1. The molecular formula is C24H23NO4S. The van der Waals surface area contributed by atoms with E-state index in [1.165, 1.54) is 11.2 Å². The molecule has 3 aromatic rings. The van der Waals surface area contributed by atoms with Crippen LogP contribution in [0.3, 0.4) is 0 Å². The van der Waals surface area contributed by atoms with E-state index in [4.69, 9.17) is 4.74 Å². The minimum atomic E-state index is -4.03. The molecule has 1 saturated heterocycles. The number of hydrogen-bond acceptors (Lipinski definition) is 4. The number of nitrogens with zero attached hydrogens (tertiary/aromatic N) is 1. The summed E-state index contributed by atoms with van der Waals surface area (Å²) < 4.78 is 34.7. The number of ether oxygens (including phenoxy) is 1. The lowest BCUT2D eigenvalue weighted by molar-refractivity contribution is -0.0140. The summed E-state index contributed by atoms with van der Waals surface area (Å²) in [6.07, 6.45) is 0. The van der Waals surface area contributed by atoms with E-state index in [9.17, 15) is 13.2 Å². The van der Waals surface area contributed by atoms with Crippen LogP contribution in [0.25, 0.3) is 0 Å². The molecule has 4 rings (SSSR count). The lowest BCUT2D eigenvalue weighted by Crippen LogP contribution is -2.52. The van der Waals surface area contributed by atoms with Gasteiger partial charge in [-0.3, -0.25) is 4.79 Å². The predicted octanol–water partition coefficient (Wildman–Crippen LogP) is 4.36. The zero-order valence-corrected chi connectivity index (χ0v) is 17.7. The summed E-state index contributed by atoms with van der Waals surface area (Å²) >= 11 is 0. The maximum absolute atomic E-state index is 13.8. The molecular weight excluding hydrogens is 398 g/mol. The molecule has 30 heavy (non-hydrogen) atoms. The number of benzene rings is 3. The maximum Gasteiger partial charge on any atom is 0.246 e.